The van der Waals surface area contributed by atoms with E-state index >= 15 is 0 Å². The normalized spacial score (nSPS) is 11.5. The van der Waals surface area contributed by atoms with Gasteiger partial charge in [0.05, 0.1) is 5.69 Å². The van der Waals surface area contributed by atoms with Gasteiger partial charge in [0.2, 0.25) is 0 Å². The first-order valence-corrected chi connectivity index (χ1v) is 6.51. The van der Waals surface area contributed by atoms with Gasteiger partial charge in [-0.3, -0.25) is 4.79 Å². The average Bonchev–Trinajstić information content (AvgIpc) is 2.73. The number of aryl methyl sites for hydroxylation is 1. The predicted molar refractivity (Wildman–Crippen MR) is 72.9 cm³/mol. The summed E-state index contributed by atoms with van der Waals surface area (Å²) in [6.07, 6.45) is 0. The molecule has 1 heterocycles. The van der Waals surface area contributed by atoms with Gasteiger partial charge in [-0.1, -0.05) is 30.3 Å². The van der Waals surface area contributed by atoms with Crippen molar-refractivity contribution in [3.63, 3.8) is 0 Å². The molecule has 0 saturated carbocycles. The maximum absolute atomic E-state index is 11.3. The smallest absolute Gasteiger partial charge is 0.315 e. The minimum atomic E-state index is -0.951. The molecule has 0 spiro atoms. The third-order valence-corrected chi connectivity index (χ3v) is 3.96. The van der Waals surface area contributed by atoms with Gasteiger partial charge in [0, 0.05) is 10.4 Å². The van der Waals surface area contributed by atoms with E-state index in [0.29, 0.717) is 5.69 Å². The van der Waals surface area contributed by atoms with Crippen molar-refractivity contribution in [3.8, 4) is 10.6 Å². The Labute approximate surface area is 110 Å². The average molecular weight is 261 g/mol. The third kappa shape index (κ3) is 2.16. The molecular formula is C14H15NO2S. The molecule has 3 nitrogen and oxygen atoms in total. The SMILES string of the molecule is Cc1sc(-c2ccccc2)nc1C(C)(C)C(=O)O. The van der Waals surface area contributed by atoms with Crippen LogP contribution in [0.2, 0.25) is 0 Å². The molecule has 2 aromatic rings. The van der Waals surface area contributed by atoms with Crippen LogP contribution in [0.1, 0.15) is 24.4 Å². The molecule has 1 N–H and O–H groups in total. The van der Waals surface area contributed by atoms with Crippen LogP contribution in [0.15, 0.2) is 30.3 Å². The molecule has 0 saturated heterocycles. The van der Waals surface area contributed by atoms with Crippen LogP contribution >= 0.6 is 11.3 Å². The van der Waals surface area contributed by atoms with E-state index in [4.69, 9.17) is 0 Å². The van der Waals surface area contributed by atoms with E-state index in [0.717, 1.165) is 15.4 Å². The van der Waals surface area contributed by atoms with E-state index in [2.05, 4.69) is 4.98 Å². The van der Waals surface area contributed by atoms with Gasteiger partial charge in [-0.05, 0) is 20.8 Å². The second kappa shape index (κ2) is 4.53. The van der Waals surface area contributed by atoms with Gasteiger partial charge in [-0.2, -0.15) is 0 Å². The number of nitrogens with zero attached hydrogens (tertiary/aromatic N) is 1. The highest BCUT2D eigenvalue weighted by Crippen LogP contribution is 2.34. The van der Waals surface area contributed by atoms with Crippen LogP contribution in [0, 0.1) is 6.92 Å². The van der Waals surface area contributed by atoms with Crippen LogP contribution in [0.5, 0.6) is 0 Å². The first kappa shape index (κ1) is 12.8. The third-order valence-electron chi connectivity index (χ3n) is 2.94. The molecule has 0 fully saturated rings. The lowest BCUT2D eigenvalue weighted by molar-refractivity contribution is -0.142. The van der Waals surface area contributed by atoms with Gasteiger partial charge in [-0.15, -0.1) is 11.3 Å². The van der Waals surface area contributed by atoms with Crippen LogP contribution in [-0.4, -0.2) is 16.1 Å². The number of hydrogen-bond acceptors (Lipinski definition) is 3. The quantitative estimate of drug-likeness (QED) is 0.920. The fourth-order valence-corrected chi connectivity index (χ4v) is 2.86. The number of benzene rings is 1. The zero-order chi connectivity index (χ0) is 13.3. The molecule has 0 bridgehead atoms. The minimum Gasteiger partial charge on any atom is -0.481 e. The second-order valence-corrected chi connectivity index (χ2v) is 5.92. The topological polar surface area (TPSA) is 50.2 Å². The minimum absolute atomic E-state index is 0.652. The fraction of sp³-hybridized carbons (Fsp3) is 0.286. The summed E-state index contributed by atoms with van der Waals surface area (Å²) in [5.41, 5.74) is 0.727. The fourth-order valence-electron chi connectivity index (χ4n) is 1.78. The van der Waals surface area contributed by atoms with E-state index in [1.165, 1.54) is 11.3 Å². The lowest BCUT2D eigenvalue weighted by atomic mass is 9.89. The van der Waals surface area contributed by atoms with Gasteiger partial charge in [0.1, 0.15) is 10.4 Å². The predicted octanol–water partition coefficient (Wildman–Crippen LogP) is 3.48. The summed E-state index contributed by atoms with van der Waals surface area (Å²) in [7, 11) is 0. The summed E-state index contributed by atoms with van der Waals surface area (Å²) in [5, 5.41) is 10.1. The maximum Gasteiger partial charge on any atom is 0.315 e. The standard InChI is InChI=1S/C14H15NO2S/c1-9-11(14(2,3)13(16)17)15-12(18-9)10-7-5-4-6-8-10/h4-8H,1-3H3,(H,16,17). The summed E-state index contributed by atoms with van der Waals surface area (Å²) in [4.78, 5) is 16.8. The Morgan fingerprint density at radius 1 is 1.28 bits per heavy atom. The molecule has 0 aliphatic rings. The van der Waals surface area contributed by atoms with Crippen LogP contribution in [-0.2, 0) is 10.2 Å². The first-order chi connectivity index (χ1) is 8.43. The van der Waals surface area contributed by atoms with Gasteiger partial charge in [-0.25, -0.2) is 4.98 Å². The van der Waals surface area contributed by atoms with Crippen molar-refractivity contribution >= 4 is 17.3 Å². The molecule has 0 atom stereocenters. The summed E-state index contributed by atoms with van der Waals surface area (Å²) in [6, 6.07) is 9.82. The number of aromatic nitrogens is 1. The number of hydrogen-bond donors (Lipinski definition) is 1. The highest BCUT2D eigenvalue weighted by atomic mass is 32.1. The van der Waals surface area contributed by atoms with Gasteiger partial charge < -0.3 is 5.11 Å². The van der Waals surface area contributed by atoms with Crippen molar-refractivity contribution < 1.29 is 9.90 Å². The van der Waals surface area contributed by atoms with Crippen LogP contribution < -0.4 is 0 Å². The van der Waals surface area contributed by atoms with Gasteiger partial charge in [0.15, 0.2) is 0 Å². The number of rotatable bonds is 3. The molecule has 0 aliphatic heterocycles. The van der Waals surface area contributed by atoms with Crippen molar-refractivity contribution in [2.75, 3.05) is 0 Å². The summed E-state index contributed by atoms with van der Waals surface area (Å²) < 4.78 is 0. The molecule has 0 radical (unpaired) electrons. The molecule has 18 heavy (non-hydrogen) atoms. The second-order valence-electron chi connectivity index (χ2n) is 4.72. The molecule has 0 aliphatic carbocycles. The first-order valence-electron chi connectivity index (χ1n) is 5.69. The van der Waals surface area contributed by atoms with E-state index < -0.39 is 11.4 Å². The molecule has 0 amide bonds. The molecule has 1 aromatic carbocycles. The monoisotopic (exact) mass is 261 g/mol. The van der Waals surface area contributed by atoms with E-state index in [-0.39, 0.29) is 0 Å². The lowest BCUT2D eigenvalue weighted by Crippen LogP contribution is -2.29. The van der Waals surface area contributed by atoms with Crippen molar-refractivity contribution in [2.45, 2.75) is 26.2 Å². The van der Waals surface area contributed by atoms with E-state index in [9.17, 15) is 9.90 Å². The Kier molecular flexibility index (Phi) is 3.22. The van der Waals surface area contributed by atoms with Crippen molar-refractivity contribution in [2.24, 2.45) is 0 Å². The molecule has 94 valence electrons. The van der Waals surface area contributed by atoms with Crippen LogP contribution in [0.4, 0.5) is 0 Å². The highest BCUT2D eigenvalue weighted by molar-refractivity contribution is 7.15. The lowest BCUT2D eigenvalue weighted by Gasteiger charge is -2.17. The Morgan fingerprint density at radius 2 is 1.89 bits per heavy atom. The summed E-state index contributed by atoms with van der Waals surface area (Å²) >= 11 is 1.54. The van der Waals surface area contributed by atoms with Crippen molar-refractivity contribution in [1.29, 1.82) is 0 Å². The largest absolute Gasteiger partial charge is 0.481 e. The van der Waals surface area contributed by atoms with E-state index in [1.54, 1.807) is 13.8 Å². The molecule has 1 aromatic heterocycles. The summed E-state index contributed by atoms with van der Waals surface area (Å²) in [5.74, 6) is -0.851. The Morgan fingerprint density at radius 3 is 2.44 bits per heavy atom. The summed E-state index contributed by atoms with van der Waals surface area (Å²) in [6.45, 7) is 5.29. The highest BCUT2D eigenvalue weighted by Gasteiger charge is 2.34. The van der Waals surface area contributed by atoms with Crippen LogP contribution in [0.25, 0.3) is 10.6 Å². The maximum atomic E-state index is 11.3. The number of thiazole rings is 1. The van der Waals surface area contributed by atoms with Crippen molar-refractivity contribution in [3.05, 3.63) is 40.9 Å². The Balaban J connectivity index is 2.49. The number of carboxylic acids is 1. The van der Waals surface area contributed by atoms with Gasteiger partial charge in [0.25, 0.3) is 0 Å². The number of carboxylic acid groups (broad SMARTS) is 1. The van der Waals surface area contributed by atoms with Crippen molar-refractivity contribution in [1.82, 2.24) is 4.98 Å². The molecule has 4 heteroatoms. The number of aliphatic carboxylic acids is 1. The number of carbonyl (C=O) groups is 1. The molecule has 0 unspecified atom stereocenters. The van der Waals surface area contributed by atoms with Crippen LogP contribution in [0.3, 0.4) is 0 Å². The zero-order valence-electron chi connectivity index (χ0n) is 10.6. The van der Waals surface area contributed by atoms with Gasteiger partial charge >= 0.3 is 5.97 Å². The zero-order valence-corrected chi connectivity index (χ0v) is 11.4. The molecule has 2 rings (SSSR count). The Hall–Kier alpha value is -1.68. The molecular weight excluding hydrogens is 246 g/mol. The van der Waals surface area contributed by atoms with E-state index in [1.807, 2.05) is 37.3 Å². The Bertz CT molecular complexity index is 573.